The van der Waals surface area contributed by atoms with Crippen LogP contribution in [0.4, 0.5) is 5.69 Å². The van der Waals surface area contributed by atoms with Crippen molar-refractivity contribution >= 4 is 55.2 Å². The summed E-state index contributed by atoms with van der Waals surface area (Å²) in [7, 11) is 0. The lowest BCUT2D eigenvalue weighted by Gasteiger charge is -2.07. The van der Waals surface area contributed by atoms with Gasteiger partial charge in [-0.25, -0.2) is 0 Å². The summed E-state index contributed by atoms with van der Waals surface area (Å²) in [5, 5.41) is 2.92. The van der Waals surface area contributed by atoms with Crippen LogP contribution in [0.15, 0.2) is 51.4 Å². The molecule has 0 aliphatic rings. The van der Waals surface area contributed by atoms with E-state index in [1.54, 1.807) is 11.8 Å². The molecule has 1 N–H and O–H groups in total. The Morgan fingerprint density at radius 2 is 1.90 bits per heavy atom. The van der Waals surface area contributed by atoms with Crippen LogP contribution in [-0.2, 0) is 10.5 Å². The summed E-state index contributed by atoms with van der Waals surface area (Å²) in [6.07, 6.45) is 0. The fourth-order valence-electron chi connectivity index (χ4n) is 1.79. The van der Waals surface area contributed by atoms with E-state index in [4.69, 9.17) is 0 Å². The quantitative estimate of drug-likeness (QED) is 0.691. The van der Waals surface area contributed by atoms with Crippen molar-refractivity contribution in [3.05, 3.63) is 62.5 Å². The number of nitrogens with one attached hydrogen (secondary N) is 1. The number of halogens is 2. The van der Waals surface area contributed by atoms with Gasteiger partial charge in [-0.1, -0.05) is 50.1 Å². The average molecular weight is 429 g/mol. The van der Waals surface area contributed by atoms with Crippen molar-refractivity contribution in [2.75, 3.05) is 11.1 Å². The molecule has 0 heterocycles. The van der Waals surface area contributed by atoms with E-state index < -0.39 is 0 Å². The molecule has 0 aliphatic heterocycles. The minimum atomic E-state index is 0.0220. The van der Waals surface area contributed by atoms with Crippen LogP contribution < -0.4 is 5.32 Å². The Hall–Kier alpha value is -0.780. The van der Waals surface area contributed by atoms with Gasteiger partial charge >= 0.3 is 0 Å². The maximum absolute atomic E-state index is 11.9. The summed E-state index contributed by atoms with van der Waals surface area (Å²) < 4.78 is 2.13. The molecular formula is C16H15Br2NOS. The molecular weight excluding hydrogens is 414 g/mol. The van der Waals surface area contributed by atoms with Gasteiger partial charge < -0.3 is 5.32 Å². The van der Waals surface area contributed by atoms with Crippen LogP contribution in [0, 0.1) is 6.92 Å². The molecule has 2 nitrogen and oxygen atoms in total. The molecule has 0 unspecified atom stereocenters. The zero-order chi connectivity index (χ0) is 15.2. The van der Waals surface area contributed by atoms with E-state index in [-0.39, 0.29) is 5.91 Å². The van der Waals surface area contributed by atoms with Gasteiger partial charge in [0, 0.05) is 20.4 Å². The van der Waals surface area contributed by atoms with E-state index in [0.29, 0.717) is 5.75 Å². The summed E-state index contributed by atoms with van der Waals surface area (Å²) in [6, 6.07) is 13.9. The predicted molar refractivity (Wildman–Crippen MR) is 97.8 cm³/mol. The molecule has 2 aromatic rings. The molecule has 0 radical (unpaired) electrons. The first-order valence-electron chi connectivity index (χ1n) is 6.43. The standard InChI is InChI=1S/C16H15Br2NOS/c1-11-8-13(6-7-14(11)17)19-16(20)10-21-9-12-4-2-3-5-15(12)18/h2-8H,9-10H2,1H3,(H,19,20). The van der Waals surface area contributed by atoms with Crippen molar-refractivity contribution in [2.45, 2.75) is 12.7 Å². The molecule has 0 aliphatic carbocycles. The van der Waals surface area contributed by atoms with E-state index in [2.05, 4.69) is 43.2 Å². The minimum Gasteiger partial charge on any atom is -0.325 e. The van der Waals surface area contributed by atoms with Crippen molar-refractivity contribution in [3.8, 4) is 0 Å². The molecule has 0 atom stereocenters. The lowest BCUT2D eigenvalue weighted by Crippen LogP contribution is -2.14. The number of thioether (sulfide) groups is 1. The molecule has 0 saturated carbocycles. The number of hydrogen-bond donors (Lipinski definition) is 1. The second-order valence-electron chi connectivity index (χ2n) is 4.60. The smallest absolute Gasteiger partial charge is 0.234 e. The minimum absolute atomic E-state index is 0.0220. The largest absolute Gasteiger partial charge is 0.325 e. The van der Waals surface area contributed by atoms with Gasteiger partial charge in [-0.2, -0.15) is 0 Å². The second-order valence-corrected chi connectivity index (χ2v) is 7.29. The lowest BCUT2D eigenvalue weighted by molar-refractivity contribution is -0.113. The van der Waals surface area contributed by atoms with Crippen LogP contribution in [0.25, 0.3) is 0 Å². The van der Waals surface area contributed by atoms with Gasteiger partial charge in [0.05, 0.1) is 5.75 Å². The molecule has 21 heavy (non-hydrogen) atoms. The maximum Gasteiger partial charge on any atom is 0.234 e. The number of benzene rings is 2. The van der Waals surface area contributed by atoms with Crippen LogP contribution in [0.3, 0.4) is 0 Å². The Bertz CT molecular complexity index is 646. The Kier molecular flexibility index (Phi) is 6.33. The molecule has 0 bridgehead atoms. The van der Waals surface area contributed by atoms with Gasteiger partial charge in [-0.05, 0) is 42.3 Å². The summed E-state index contributed by atoms with van der Waals surface area (Å²) in [6.45, 7) is 2.00. The van der Waals surface area contributed by atoms with E-state index in [9.17, 15) is 4.79 Å². The molecule has 0 saturated heterocycles. The highest BCUT2D eigenvalue weighted by Gasteiger charge is 2.05. The maximum atomic E-state index is 11.9. The molecule has 1 amide bonds. The second kappa shape index (κ2) is 8.01. The molecule has 0 spiro atoms. The Morgan fingerprint density at radius 1 is 1.14 bits per heavy atom. The lowest BCUT2D eigenvalue weighted by atomic mass is 10.2. The third-order valence-electron chi connectivity index (χ3n) is 2.89. The molecule has 5 heteroatoms. The van der Waals surface area contributed by atoms with Crippen LogP contribution >= 0.6 is 43.6 Å². The SMILES string of the molecule is Cc1cc(NC(=O)CSCc2ccccc2Br)ccc1Br. The monoisotopic (exact) mass is 427 g/mol. The van der Waals surface area contributed by atoms with Crippen LogP contribution in [-0.4, -0.2) is 11.7 Å². The highest BCUT2D eigenvalue weighted by Crippen LogP contribution is 2.22. The summed E-state index contributed by atoms with van der Waals surface area (Å²) >= 11 is 8.57. The van der Waals surface area contributed by atoms with Gasteiger partial charge in [0.1, 0.15) is 0 Å². The van der Waals surface area contributed by atoms with Crippen LogP contribution in [0.2, 0.25) is 0 Å². The van der Waals surface area contributed by atoms with E-state index in [1.807, 2.05) is 43.3 Å². The number of rotatable bonds is 5. The van der Waals surface area contributed by atoms with Crippen molar-refractivity contribution < 1.29 is 4.79 Å². The van der Waals surface area contributed by atoms with Crippen molar-refractivity contribution in [1.29, 1.82) is 0 Å². The number of carbonyl (C=O) groups excluding carboxylic acids is 1. The molecule has 2 rings (SSSR count). The summed E-state index contributed by atoms with van der Waals surface area (Å²) in [5.41, 5.74) is 3.14. The number of amides is 1. The topological polar surface area (TPSA) is 29.1 Å². The van der Waals surface area contributed by atoms with Crippen LogP contribution in [0.1, 0.15) is 11.1 Å². The number of aryl methyl sites for hydroxylation is 1. The van der Waals surface area contributed by atoms with Gasteiger partial charge in [0.2, 0.25) is 5.91 Å². The molecule has 0 aromatic heterocycles. The summed E-state index contributed by atoms with van der Waals surface area (Å²) in [5.74, 6) is 1.28. The third-order valence-corrected chi connectivity index (χ3v) is 5.54. The van der Waals surface area contributed by atoms with E-state index >= 15 is 0 Å². The fourth-order valence-corrected chi connectivity index (χ4v) is 3.48. The van der Waals surface area contributed by atoms with E-state index in [0.717, 1.165) is 25.9 Å². The Morgan fingerprint density at radius 3 is 2.62 bits per heavy atom. The van der Waals surface area contributed by atoms with Gasteiger partial charge in [0.25, 0.3) is 0 Å². The highest BCUT2D eigenvalue weighted by molar-refractivity contribution is 9.10. The van der Waals surface area contributed by atoms with Crippen molar-refractivity contribution in [1.82, 2.24) is 0 Å². The number of hydrogen-bond acceptors (Lipinski definition) is 2. The third kappa shape index (κ3) is 5.16. The average Bonchev–Trinajstić information content (AvgIpc) is 2.45. The predicted octanol–water partition coefficient (Wildman–Crippen LogP) is 5.39. The summed E-state index contributed by atoms with van der Waals surface area (Å²) in [4.78, 5) is 11.9. The molecule has 110 valence electrons. The van der Waals surface area contributed by atoms with Crippen molar-refractivity contribution in [2.24, 2.45) is 0 Å². The van der Waals surface area contributed by atoms with Crippen molar-refractivity contribution in [3.63, 3.8) is 0 Å². The molecule has 0 fully saturated rings. The first-order valence-corrected chi connectivity index (χ1v) is 9.17. The number of carbonyl (C=O) groups is 1. The van der Waals surface area contributed by atoms with Crippen LogP contribution in [0.5, 0.6) is 0 Å². The van der Waals surface area contributed by atoms with Gasteiger partial charge in [0.15, 0.2) is 0 Å². The number of anilines is 1. The Balaban J connectivity index is 1.82. The first kappa shape index (κ1) is 16.6. The molecule has 2 aromatic carbocycles. The Labute approximate surface area is 146 Å². The zero-order valence-electron chi connectivity index (χ0n) is 11.5. The van der Waals surface area contributed by atoms with Gasteiger partial charge in [-0.15, -0.1) is 11.8 Å². The van der Waals surface area contributed by atoms with E-state index in [1.165, 1.54) is 5.56 Å². The fraction of sp³-hybridized carbons (Fsp3) is 0.188. The first-order chi connectivity index (χ1) is 10.1. The normalized spacial score (nSPS) is 10.4. The zero-order valence-corrected chi connectivity index (χ0v) is 15.5. The highest BCUT2D eigenvalue weighted by atomic mass is 79.9. The van der Waals surface area contributed by atoms with Gasteiger partial charge in [-0.3, -0.25) is 4.79 Å².